The van der Waals surface area contributed by atoms with Crippen molar-refractivity contribution in [3.8, 4) is 17.1 Å². The van der Waals surface area contributed by atoms with Gasteiger partial charge < -0.3 is 19.9 Å². The van der Waals surface area contributed by atoms with Crippen molar-refractivity contribution in [2.24, 2.45) is 12.5 Å². The lowest BCUT2D eigenvalue weighted by molar-refractivity contribution is 0.417. The zero-order chi connectivity index (χ0) is 23.8. The molecule has 33 heavy (non-hydrogen) atoms. The fourth-order valence-electron chi connectivity index (χ4n) is 3.52. The summed E-state index contributed by atoms with van der Waals surface area (Å²) in [4.78, 5) is 18.5. The van der Waals surface area contributed by atoms with Crippen LogP contribution in [-0.2, 0) is 7.05 Å². The van der Waals surface area contributed by atoms with Crippen molar-refractivity contribution in [1.29, 1.82) is 0 Å². The molecular formula is C25H31N7O. The van der Waals surface area contributed by atoms with Crippen molar-refractivity contribution < 1.29 is 4.74 Å². The van der Waals surface area contributed by atoms with E-state index in [4.69, 9.17) is 9.72 Å². The number of aryl methyl sites for hydroxylation is 2. The molecule has 2 N–H and O–H groups in total. The Morgan fingerprint density at radius 2 is 1.82 bits per heavy atom. The summed E-state index contributed by atoms with van der Waals surface area (Å²) < 4.78 is 7.70. The Bertz CT molecular complexity index is 1300. The van der Waals surface area contributed by atoms with Gasteiger partial charge in [-0.15, -0.1) is 0 Å². The average Bonchev–Trinajstić information content (AvgIpc) is 3.10. The summed E-state index contributed by atoms with van der Waals surface area (Å²) >= 11 is 0. The number of hydrogen-bond donors (Lipinski definition) is 2. The number of methoxy groups -OCH3 is 1. The van der Waals surface area contributed by atoms with Gasteiger partial charge >= 0.3 is 0 Å². The van der Waals surface area contributed by atoms with Crippen LogP contribution in [0.1, 0.15) is 32.2 Å². The summed E-state index contributed by atoms with van der Waals surface area (Å²) in [5, 5.41) is 7.69. The number of anilines is 3. The van der Waals surface area contributed by atoms with Gasteiger partial charge in [-0.1, -0.05) is 20.8 Å². The second kappa shape index (κ2) is 8.69. The molecule has 0 atom stereocenters. The molecule has 3 heterocycles. The molecule has 0 bridgehead atoms. The molecule has 0 unspecified atom stereocenters. The van der Waals surface area contributed by atoms with Crippen LogP contribution in [0.3, 0.4) is 0 Å². The molecule has 8 heteroatoms. The molecule has 0 aliphatic rings. The first-order chi connectivity index (χ1) is 15.6. The molecule has 4 rings (SSSR count). The van der Waals surface area contributed by atoms with Gasteiger partial charge in [0.25, 0.3) is 0 Å². The fraction of sp³-hybridized carbons (Fsp3) is 0.360. The third-order valence-corrected chi connectivity index (χ3v) is 5.41. The Morgan fingerprint density at radius 3 is 2.48 bits per heavy atom. The third-order valence-electron chi connectivity index (χ3n) is 5.41. The number of rotatable bonds is 6. The largest absolute Gasteiger partial charge is 0.495 e. The van der Waals surface area contributed by atoms with E-state index in [-0.39, 0.29) is 5.41 Å². The monoisotopic (exact) mass is 445 g/mol. The minimum atomic E-state index is 0.118. The van der Waals surface area contributed by atoms with Gasteiger partial charge in [0.15, 0.2) is 5.82 Å². The van der Waals surface area contributed by atoms with Gasteiger partial charge in [0.1, 0.15) is 17.1 Å². The van der Waals surface area contributed by atoms with Crippen LogP contribution in [0.4, 0.5) is 17.5 Å². The van der Waals surface area contributed by atoms with Crippen molar-refractivity contribution in [1.82, 2.24) is 24.5 Å². The second-order valence-corrected chi connectivity index (χ2v) is 9.48. The van der Waals surface area contributed by atoms with Gasteiger partial charge in [-0.25, -0.2) is 19.9 Å². The zero-order valence-corrected chi connectivity index (χ0v) is 20.3. The van der Waals surface area contributed by atoms with E-state index < -0.39 is 0 Å². The van der Waals surface area contributed by atoms with Crippen LogP contribution < -0.4 is 15.4 Å². The molecule has 8 nitrogen and oxygen atoms in total. The first kappa shape index (κ1) is 22.5. The maximum absolute atomic E-state index is 5.65. The maximum Gasteiger partial charge on any atom is 0.227 e. The normalized spacial score (nSPS) is 11.6. The number of ether oxygens (including phenoxy) is 1. The Morgan fingerprint density at radius 1 is 1.03 bits per heavy atom. The van der Waals surface area contributed by atoms with Crippen molar-refractivity contribution in [3.05, 3.63) is 48.0 Å². The van der Waals surface area contributed by atoms with Crippen LogP contribution in [0.25, 0.3) is 22.3 Å². The highest BCUT2D eigenvalue weighted by Crippen LogP contribution is 2.32. The SMILES string of the molecule is COc1cc(-c2ncc(C)n2C)ccc1Nc1ncc2cc(C)nc(NCC(C)(C)C)c2n1. The van der Waals surface area contributed by atoms with E-state index >= 15 is 0 Å². The number of aromatic nitrogens is 5. The van der Waals surface area contributed by atoms with Crippen LogP contribution in [0.5, 0.6) is 5.75 Å². The molecule has 0 fully saturated rings. The first-order valence-corrected chi connectivity index (χ1v) is 11.0. The molecule has 0 spiro atoms. The third kappa shape index (κ3) is 4.89. The highest BCUT2D eigenvalue weighted by Gasteiger charge is 2.15. The number of nitrogens with one attached hydrogen (secondary N) is 2. The van der Waals surface area contributed by atoms with Crippen molar-refractivity contribution in [2.45, 2.75) is 34.6 Å². The number of pyridine rings is 1. The van der Waals surface area contributed by atoms with Crippen LogP contribution in [0.15, 0.2) is 36.7 Å². The maximum atomic E-state index is 5.65. The lowest BCUT2D eigenvalue weighted by atomic mass is 9.97. The summed E-state index contributed by atoms with van der Waals surface area (Å²) in [5.41, 5.74) is 4.66. The van der Waals surface area contributed by atoms with E-state index in [1.807, 2.05) is 57.6 Å². The van der Waals surface area contributed by atoms with Gasteiger partial charge in [-0.05, 0) is 43.5 Å². The predicted molar refractivity (Wildman–Crippen MR) is 133 cm³/mol. The Kier molecular flexibility index (Phi) is 5.93. The van der Waals surface area contributed by atoms with Gasteiger partial charge in [0, 0.05) is 48.3 Å². The van der Waals surface area contributed by atoms with Gasteiger partial charge in [-0.2, -0.15) is 0 Å². The minimum absolute atomic E-state index is 0.118. The minimum Gasteiger partial charge on any atom is -0.495 e. The fourth-order valence-corrected chi connectivity index (χ4v) is 3.52. The number of benzene rings is 1. The zero-order valence-electron chi connectivity index (χ0n) is 20.3. The van der Waals surface area contributed by atoms with Crippen LogP contribution in [-0.4, -0.2) is 38.2 Å². The van der Waals surface area contributed by atoms with E-state index in [2.05, 4.69) is 50.9 Å². The van der Waals surface area contributed by atoms with Crippen LogP contribution >= 0.6 is 0 Å². The van der Waals surface area contributed by atoms with Crippen molar-refractivity contribution in [2.75, 3.05) is 24.3 Å². The molecule has 0 amide bonds. The summed E-state index contributed by atoms with van der Waals surface area (Å²) in [5.74, 6) is 2.81. The molecule has 4 aromatic rings. The molecule has 1 aromatic carbocycles. The van der Waals surface area contributed by atoms with Gasteiger partial charge in [-0.3, -0.25) is 0 Å². The van der Waals surface area contributed by atoms with Crippen molar-refractivity contribution >= 4 is 28.4 Å². The highest BCUT2D eigenvalue weighted by molar-refractivity contribution is 5.89. The van der Waals surface area contributed by atoms with E-state index in [0.717, 1.165) is 51.7 Å². The highest BCUT2D eigenvalue weighted by atomic mass is 16.5. The van der Waals surface area contributed by atoms with E-state index in [1.54, 1.807) is 7.11 Å². The number of fused-ring (bicyclic) bond motifs is 1. The lowest BCUT2D eigenvalue weighted by Gasteiger charge is -2.20. The van der Waals surface area contributed by atoms with Crippen LogP contribution in [0.2, 0.25) is 0 Å². The molecule has 0 radical (unpaired) electrons. The molecule has 3 aromatic heterocycles. The second-order valence-electron chi connectivity index (χ2n) is 9.48. The molecular weight excluding hydrogens is 414 g/mol. The number of hydrogen-bond acceptors (Lipinski definition) is 7. The standard InChI is InChI=1S/C25H31N7O/c1-15-10-18-13-27-24(31-21(18)22(29-15)28-14-25(3,4)5)30-19-9-8-17(11-20(19)33-7)23-26-12-16(2)32(23)6/h8-13H,14H2,1-7H3,(H,28,29)(H,27,30,31). The van der Waals surface area contributed by atoms with E-state index in [9.17, 15) is 0 Å². The molecule has 0 aliphatic heterocycles. The summed E-state index contributed by atoms with van der Waals surface area (Å²) in [6.07, 6.45) is 3.68. The predicted octanol–water partition coefficient (Wildman–Crippen LogP) is 5.25. The van der Waals surface area contributed by atoms with Gasteiger partial charge in [0.2, 0.25) is 5.95 Å². The van der Waals surface area contributed by atoms with Crippen molar-refractivity contribution in [3.63, 3.8) is 0 Å². The van der Waals surface area contributed by atoms with Gasteiger partial charge in [0.05, 0.1) is 12.8 Å². The van der Waals surface area contributed by atoms with Crippen LogP contribution in [0, 0.1) is 19.3 Å². The smallest absolute Gasteiger partial charge is 0.227 e. The summed E-state index contributed by atoms with van der Waals surface area (Å²) in [6, 6.07) is 7.92. The Hall–Kier alpha value is -3.68. The van der Waals surface area contributed by atoms with E-state index in [1.165, 1.54) is 0 Å². The number of imidazole rings is 1. The molecule has 0 saturated heterocycles. The van der Waals surface area contributed by atoms with E-state index in [0.29, 0.717) is 11.7 Å². The molecule has 172 valence electrons. The lowest BCUT2D eigenvalue weighted by Crippen LogP contribution is -2.20. The average molecular weight is 446 g/mol. The summed E-state index contributed by atoms with van der Waals surface area (Å²) in [7, 11) is 3.65. The summed E-state index contributed by atoms with van der Waals surface area (Å²) in [6.45, 7) is 11.3. The quantitative estimate of drug-likeness (QED) is 0.419. The topological polar surface area (TPSA) is 89.8 Å². The Labute approximate surface area is 194 Å². The number of nitrogens with zero attached hydrogens (tertiary/aromatic N) is 5. The molecule has 0 aliphatic carbocycles. The molecule has 0 saturated carbocycles. The first-order valence-electron chi connectivity index (χ1n) is 11.0. The Balaban J connectivity index is 1.67.